The van der Waals surface area contributed by atoms with Gasteiger partial charge in [-0.25, -0.2) is 13.1 Å². The number of ether oxygens (including phenoxy) is 1. The molecule has 1 heterocycles. The maximum atomic E-state index is 12.6. The molecule has 1 saturated heterocycles. The predicted molar refractivity (Wildman–Crippen MR) is 122 cm³/mol. The van der Waals surface area contributed by atoms with Gasteiger partial charge in [0.25, 0.3) is 0 Å². The van der Waals surface area contributed by atoms with Crippen molar-refractivity contribution in [3.05, 3.63) is 60.2 Å². The normalized spacial score (nSPS) is 17.4. The van der Waals surface area contributed by atoms with Gasteiger partial charge in [-0.05, 0) is 43.2 Å². The number of carbonyl (C=O) groups is 2. The van der Waals surface area contributed by atoms with Crippen LogP contribution in [0.15, 0.2) is 59.5 Å². The second-order valence-electron chi connectivity index (χ2n) is 7.97. The molecule has 9 heteroatoms. The smallest absolute Gasteiger partial charge is 0.240 e. The van der Waals surface area contributed by atoms with Crippen LogP contribution in [0.2, 0.25) is 0 Å². The Labute approximate surface area is 189 Å². The van der Waals surface area contributed by atoms with Crippen molar-refractivity contribution in [2.24, 2.45) is 5.92 Å². The first kappa shape index (κ1) is 23.9. The number of anilines is 1. The quantitative estimate of drug-likeness (QED) is 0.566. The summed E-state index contributed by atoms with van der Waals surface area (Å²) in [5, 5.41) is 2.79. The molecule has 0 aromatic heterocycles. The maximum absolute atomic E-state index is 12.6. The Kier molecular flexibility index (Phi) is 8.00. The van der Waals surface area contributed by atoms with Crippen molar-refractivity contribution < 1.29 is 22.7 Å². The SMILES string of the molecule is COC[C@@H](C)NS(=O)(=O)c1ccc(NC(=O)[C@@H]2CC(=O)N(CCc3ccccc3)C2)cc1. The van der Waals surface area contributed by atoms with Gasteiger partial charge in [0.15, 0.2) is 0 Å². The molecule has 0 radical (unpaired) electrons. The number of nitrogens with one attached hydrogen (secondary N) is 2. The lowest BCUT2D eigenvalue weighted by Crippen LogP contribution is -2.35. The monoisotopic (exact) mass is 459 g/mol. The van der Waals surface area contributed by atoms with Crippen molar-refractivity contribution in [3.63, 3.8) is 0 Å². The molecule has 2 atom stereocenters. The van der Waals surface area contributed by atoms with Gasteiger partial charge in [0.2, 0.25) is 21.8 Å². The summed E-state index contributed by atoms with van der Waals surface area (Å²) in [7, 11) is -2.18. The Balaban J connectivity index is 1.54. The van der Waals surface area contributed by atoms with Crippen LogP contribution < -0.4 is 10.0 Å². The van der Waals surface area contributed by atoms with Crippen LogP contribution >= 0.6 is 0 Å². The standard InChI is InChI=1S/C23H29N3O5S/c1-17(16-31-2)25-32(29,30)21-10-8-20(9-11-21)24-23(28)19-14-22(27)26(15-19)13-12-18-6-4-3-5-7-18/h3-11,17,19,25H,12-16H2,1-2H3,(H,24,28)/t17-,19-/m1/s1. The first-order valence-electron chi connectivity index (χ1n) is 10.5. The fourth-order valence-electron chi connectivity index (χ4n) is 3.65. The fraction of sp³-hybridized carbons (Fsp3) is 0.391. The van der Waals surface area contributed by atoms with Crippen molar-refractivity contribution >= 4 is 27.5 Å². The van der Waals surface area contributed by atoms with E-state index in [4.69, 9.17) is 4.74 Å². The summed E-state index contributed by atoms with van der Waals surface area (Å²) in [5.74, 6) is -0.708. The molecule has 0 spiro atoms. The number of carbonyl (C=O) groups excluding carboxylic acids is 2. The topological polar surface area (TPSA) is 105 Å². The van der Waals surface area contributed by atoms with Crippen molar-refractivity contribution in [3.8, 4) is 0 Å². The van der Waals surface area contributed by atoms with Crippen LogP contribution in [0.1, 0.15) is 18.9 Å². The zero-order valence-corrected chi connectivity index (χ0v) is 19.1. The summed E-state index contributed by atoms with van der Waals surface area (Å²) in [6.07, 6.45) is 0.919. The highest BCUT2D eigenvalue weighted by atomic mass is 32.2. The number of rotatable bonds is 10. The highest BCUT2D eigenvalue weighted by Crippen LogP contribution is 2.21. The first-order valence-corrected chi connectivity index (χ1v) is 12.0. The molecule has 1 aliphatic heterocycles. The highest BCUT2D eigenvalue weighted by Gasteiger charge is 2.34. The van der Waals surface area contributed by atoms with E-state index in [0.717, 1.165) is 12.0 Å². The molecule has 8 nitrogen and oxygen atoms in total. The molecule has 172 valence electrons. The zero-order valence-electron chi connectivity index (χ0n) is 18.3. The molecule has 1 aliphatic rings. The van der Waals surface area contributed by atoms with E-state index >= 15 is 0 Å². The molecule has 2 amide bonds. The number of hydrogen-bond acceptors (Lipinski definition) is 5. The van der Waals surface area contributed by atoms with Crippen molar-refractivity contribution in [1.82, 2.24) is 9.62 Å². The maximum Gasteiger partial charge on any atom is 0.240 e. The van der Waals surface area contributed by atoms with Gasteiger partial charge in [-0.15, -0.1) is 0 Å². The van der Waals surface area contributed by atoms with Crippen molar-refractivity contribution in [2.75, 3.05) is 32.1 Å². The van der Waals surface area contributed by atoms with Crippen molar-refractivity contribution in [2.45, 2.75) is 30.7 Å². The molecule has 0 bridgehead atoms. The van der Waals surface area contributed by atoms with Crippen LogP contribution in [0, 0.1) is 5.92 Å². The molecule has 2 N–H and O–H groups in total. The highest BCUT2D eigenvalue weighted by molar-refractivity contribution is 7.89. The molecule has 1 fully saturated rings. The lowest BCUT2D eigenvalue weighted by molar-refractivity contribution is -0.128. The van der Waals surface area contributed by atoms with E-state index in [-0.39, 0.29) is 35.8 Å². The number of benzene rings is 2. The molecule has 32 heavy (non-hydrogen) atoms. The summed E-state index contributed by atoms with van der Waals surface area (Å²) in [5.41, 5.74) is 1.63. The average Bonchev–Trinajstić information content (AvgIpc) is 3.14. The van der Waals surface area contributed by atoms with Crippen LogP contribution in [0.5, 0.6) is 0 Å². The van der Waals surface area contributed by atoms with E-state index in [1.807, 2.05) is 30.3 Å². The van der Waals surface area contributed by atoms with Crippen molar-refractivity contribution in [1.29, 1.82) is 0 Å². The van der Waals surface area contributed by atoms with Crippen LogP contribution in [0.25, 0.3) is 0 Å². The average molecular weight is 460 g/mol. The number of hydrogen-bond donors (Lipinski definition) is 2. The molecule has 3 rings (SSSR count). The van der Waals surface area contributed by atoms with Gasteiger partial charge >= 0.3 is 0 Å². The summed E-state index contributed by atoms with van der Waals surface area (Å²) in [4.78, 5) is 26.8. The lowest BCUT2D eigenvalue weighted by Gasteiger charge is -2.17. The minimum Gasteiger partial charge on any atom is -0.383 e. The number of likely N-dealkylation sites (tertiary alicyclic amines) is 1. The summed E-state index contributed by atoms with van der Waals surface area (Å²) < 4.78 is 32.3. The van der Waals surface area contributed by atoms with Gasteiger partial charge < -0.3 is 15.0 Å². The molecule has 2 aromatic carbocycles. The van der Waals surface area contributed by atoms with E-state index in [0.29, 0.717) is 18.8 Å². The largest absolute Gasteiger partial charge is 0.383 e. The summed E-state index contributed by atoms with van der Waals surface area (Å²) >= 11 is 0. The minimum absolute atomic E-state index is 0.0289. The molecule has 0 aliphatic carbocycles. The number of methoxy groups -OCH3 is 1. The van der Waals surface area contributed by atoms with Crippen LogP contribution in [0.4, 0.5) is 5.69 Å². The third-order valence-corrected chi connectivity index (χ3v) is 6.91. The van der Waals surface area contributed by atoms with E-state index in [9.17, 15) is 18.0 Å². The minimum atomic E-state index is -3.68. The third-order valence-electron chi connectivity index (χ3n) is 5.30. The Morgan fingerprint density at radius 2 is 1.84 bits per heavy atom. The predicted octanol–water partition coefficient (Wildman–Crippen LogP) is 2.03. The second kappa shape index (κ2) is 10.7. The molecular formula is C23H29N3O5S. The third kappa shape index (κ3) is 6.38. The van der Waals surface area contributed by atoms with E-state index in [2.05, 4.69) is 10.0 Å². The van der Waals surface area contributed by atoms with Gasteiger partial charge in [0, 0.05) is 38.3 Å². The zero-order chi connectivity index (χ0) is 23.1. The molecule has 0 saturated carbocycles. The first-order chi connectivity index (χ1) is 15.3. The lowest BCUT2D eigenvalue weighted by atomic mass is 10.1. The van der Waals surface area contributed by atoms with Gasteiger partial charge in [-0.2, -0.15) is 0 Å². The van der Waals surface area contributed by atoms with Crippen LogP contribution in [0.3, 0.4) is 0 Å². The van der Waals surface area contributed by atoms with E-state index < -0.39 is 15.9 Å². The van der Waals surface area contributed by atoms with Gasteiger partial charge in [0.1, 0.15) is 0 Å². The second-order valence-corrected chi connectivity index (χ2v) is 9.68. The van der Waals surface area contributed by atoms with Gasteiger partial charge in [-0.1, -0.05) is 30.3 Å². The van der Waals surface area contributed by atoms with E-state index in [1.165, 1.54) is 31.4 Å². The van der Waals surface area contributed by atoms with Crippen LogP contribution in [-0.2, 0) is 30.8 Å². The van der Waals surface area contributed by atoms with E-state index in [1.54, 1.807) is 11.8 Å². The van der Waals surface area contributed by atoms with Gasteiger partial charge in [0.05, 0.1) is 17.4 Å². The molecular weight excluding hydrogens is 430 g/mol. The molecule has 2 aromatic rings. The van der Waals surface area contributed by atoms with Gasteiger partial charge in [-0.3, -0.25) is 9.59 Å². The summed E-state index contributed by atoms with van der Waals surface area (Å²) in [6.45, 7) is 2.93. The Morgan fingerprint density at radius 1 is 1.16 bits per heavy atom. The summed E-state index contributed by atoms with van der Waals surface area (Å²) in [6, 6.07) is 15.5. The van der Waals surface area contributed by atoms with Crippen LogP contribution in [-0.4, -0.2) is 58.0 Å². The number of nitrogens with zero attached hydrogens (tertiary/aromatic N) is 1. The number of amides is 2. The fourth-order valence-corrected chi connectivity index (χ4v) is 4.88. The molecule has 0 unspecified atom stereocenters. The number of sulfonamides is 1. The Bertz CT molecular complexity index is 1030. The Hall–Kier alpha value is -2.75. The Morgan fingerprint density at radius 3 is 2.50 bits per heavy atom.